The Kier molecular flexibility index (Phi) is 5.54. The number of hydrogen-bond acceptors (Lipinski definition) is 4. The van der Waals surface area contributed by atoms with Gasteiger partial charge in [0.2, 0.25) is 10.0 Å². The zero-order valence-corrected chi connectivity index (χ0v) is 15.2. The summed E-state index contributed by atoms with van der Waals surface area (Å²) < 4.78 is 41.3. The molecule has 8 heteroatoms. The van der Waals surface area contributed by atoms with E-state index in [0.717, 1.165) is 0 Å². The lowest BCUT2D eigenvalue weighted by Gasteiger charge is -2.32. The predicted molar refractivity (Wildman–Crippen MR) is 96.8 cm³/mol. The summed E-state index contributed by atoms with van der Waals surface area (Å²) in [6.45, 7) is 0.682. The summed E-state index contributed by atoms with van der Waals surface area (Å²) in [4.78, 5) is 14.0. The molecule has 0 saturated carbocycles. The van der Waals surface area contributed by atoms with E-state index in [-0.39, 0.29) is 22.4 Å². The summed E-state index contributed by atoms with van der Waals surface area (Å²) in [5.74, 6) is -0.951. The fraction of sp³-hybridized carbons (Fsp3) is 0.263. The lowest BCUT2D eigenvalue weighted by molar-refractivity contribution is 0.0706. The number of piperidine rings is 1. The van der Waals surface area contributed by atoms with Gasteiger partial charge in [0, 0.05) is 19.1 Å². The first-order chi connectivity index (χ1) is 12.9. The largest absolute Gasteiger partial charge is 0.338 e. The van der Waals surface area contributed by atoms with Crippen molar-refractivity contribution in [3.63, 3.8) is 0 Å². The number of likely N-dealkylation sites (tertiary alicyclic amines) is 1. The van der Waals surface area contributed by atoms with Gasteiger partial charge in [-0.05, 0) is 49.2 Å². The second-order valence-electron chi connectivity index (χ2n) is 6.30. The van der Waals surface area contributed by atoms with Gasteiger partial charge in [-0.3, -0.25) is 4.79 Å². The Bertz CT molecular complexity index is 976. The molecule has 0 atom stereocenters. The maximum Gasteiger partial charge on any atom is 0.256 e. The van der Waals surface area contributed by atoms with Crippen LogP contribution in [0.2, 0.25) is 0 Å². The quantitative estimate of drug-likeness (QED) is 0.871. The Morgan fingerprint density at radius 2 is 1.74 bits per heavy atom. The Hall–Kier alpha value is -2.76. The van der Waals surface area contributed by atoms with Crippen LogP contribution < -0.4 is 4.72 Å². The van der Waals surface area contributed by atoms with E-state index < -0.39 is 15.8 Å². The number of carbonyl (C=O) groups excluding carboxylic acids is 1. The standard InChI is InChI=1S/C19H18FN3O3S/c20-18-4-2-1-3-17(18)19(24)23-11-9-15(10-12-23)22-27(25,26)16-7-5-14(13-21)6-8-16/h1-8,15,22H,9-12H2. The third-order valence-corrected chi connectivity index (χ3v) is 6.04. The van der Waals surface area contributed by atoms with Crippen LogP contribution in [0.5, 0.6) is 0 Å². The molecule has 1 N–H and O–H groups in total. The van der Waals surface area contributed by atoms with Crippen LogP contribution in [0, 0.1) is 17.1 Å². The van der Waals surface area contributed by atoms with Crippen molar-refractivity contribution < 1.29 is 17.6 Å². The topological polar surface area (TPSA) is 90.3 Å². The fourth-order valence-corrected chi connectivity index (χ4v) is 4.31. The maximum atomic E-state index is 13.8. The number of carbonyl (C=O) groups is 1. The highest BCUT2D eigenvalue weighted by Crippen LogP contribution is 2.18. The SMILES string of the molecule is N#Cc1ccc(S(=O)(=O)NC2CCN(C(=O)c3ccccc3F)CC2)cc1. The van der Waals surface area contributed by atoms with Gasteiger partial charge in [0.1, 0.15) is 5.82 Å². The van der Waals surface area contributed by atoms with Crippen molar-refractivity contribution in [2.24, 2.45) is 0 Å². The van der Waals surface area contributed by atoms with Crippen molar-refractivity contribution in [3.8, 4) is 6.07 Å². The van der Waals surface area contributed by atoms with Gasteiger partial charge in [0.15, 0.2) is 0 Å². The zero-order valence-electron chi connectivity index (χ0n) is 14.4. The first-order valence-electron chi connectivity index (χ1n) is 8.47. The molecule has 2 aromatic carbocycles. The molecule has 1 heterocycles. The lowest BCUT2D eigenvalue weighted by atomic mass is 10.0. The molecule has 0 aromatic heterocycles. The minimum Gasteiger partial charge on any atom is -0.338 e. The molecule has 6 nitrogen and oxygen atoms in total. The summed E-state index contributed by atoms with van der Waals surface area (Å²) in [7, 11) is -3.70. The van der Waals surface area contributed by atoms with Gasteiger partial charge >= 0.3 is 0 Å². The van der Waals surface area contributed by atoms with Crippen LogP contribution >= 0.6 is 0 Å². The molecule has 0 unspecified atom stereocenters. The molecule has 2 aromatic rings. The zero-order chi connectivity index (χ0) is 19.4. The van der Waals surface area contributed by atoms with E-state index in [2.05, 4.69) is 4.72 Å². The fourth-order valence-electron chi connectivity index (χ4n) is 3.00. The summed E-state index contributed by atoms with van der Waals surface area (Å²) in [6, 6.07) is 13.1. The van der Waals surface area contributed by atoms with Crippen molar-refractivity contribution in [1.82, 2.24) is 9.62 Å². The molecule has 0 aliphatic carbocycles. The van der Waals surface area contributed by atoms with Gasteiger partial charge < -0.3 is 4.90 Å². The van der Waals surface area contributed by atoms with E-state index >= 15 is 0 Å². The first-order valence-corrected chi connectivity index (χ1v) is 9.95. The average Bonchev–Trinajstić information content (AvgIpc) is 2.68. The van der Waals surface area contributed by atoms with E-state index in [9.17, 15) is 17.6 Å². The van der Waals surface area contributed by atoms with E-state index in [1.165, 1.54) is 47.4 Å². The van der Waals surface area contributed by atoms with E-state index in [1.807, 2.05) is 6.07 Å². The van der Waals surface area contributed by atoms with Crippen LogP contribution in [0.4, 0.5) is 4.39 Å². The summed E-state index contributed by atoms with van der Waals surface area (Å²) in [6.07, 6.45) is 0.880. The molecule has 1 amide bonds. The Morgan fingerprint density at radius 3 is 2.33 bits per heavy atom. The molecule has 0 bridgehead atoms. The Morgan fingerprint density at radius 1 is 1.11 bits per heavy atom. The normalized spacial score (nSPS) is 15.3. The van der Waals surface area contributed by atoms with Crippen LogP contribution in [0.25, 0.3) is 0 Å². The van der Waals surface area contributed by atoms with Gasteiger partial charge in [-0.2, -0.15) is 5.26 Å². The Balaban J connectivity index is 1.61. The molecule has 0 radical (unpaired) electrons. The van der Waals surface area contributed by atoms with Crippen LogP contribution in [-0.4, -0.2) is 38.4 Å². The van der Waals surface area contributed by atoms with E-state index in [4.69, 9.17) is 5.26 Å². The van der Waals surface area contributed by atoms with Crippen LogP contribution in [0.1, 0.15) is 28.8 Å². The van der Waals surface area contributed by atoms with E-state index in [0.29, 0.717) is 31.5 Å². The third kappa shape index (κ3) is 4.32. The molecule has 1 fully saturated rings. The van der Waals surface area contributed by atoms with Crippen LogP contribution in [0.3, 0.4) is 0 Å². The minimum absolute atomic E-state index is 0.0223. The van der Waals surface area contributed by atoms with Gasteiger partial charge in [0.25, 0.3) is 5.91 Å². The Labute approximate surface area is 157 Å². The van der Waals surface area contributed by atoms with E-state index in [1.54, 1.807) is 6.07 Å². The smallest absolute Gasteiger partial charge is 0.256 e. The maximum absolute atomic E-state index is 13.8. The summed E-state index contributed by atoms with van der Waals surface area (Å²) in [5, 5.41) is 8.79. The van der Waals surface area contributed by atoms with Gasteiger partial charge in [-0.25, -0.2) is 17.5 Å². The number of hydrogen-bond donors (Lipinski definition) is 1. The average molecular weight is 387 g/mol. The molecule has 1 aliphatic rings. The number of halogens is 1. The van der Waals surface area contributed by atoms with Gasteiger partial charge in [-0.15, -0.1) is 0 Å². The summed E-state index contributed by atoms with van der Waals surface area (Å²) in [5.41, 5.74) is 0.406. The number of benzene rings is 2. The molecule has 27 heavy (non-hydrogen) atoms. The van der Waals surface area contributed by atoms with Crippen molar-refractivity contribution in [2.75, 3.05) is 13.1 Å². The molecule has 1 saturated heterocycles. The second-order valence-corrected chi connectivity index (χ2v) is 8.02. The lowest BCUT2D eigenvalue weighted by Crippen LogP contribution is -2.46. The van der Waals surface area contributed by atoms with Gasteiger partial charge in [0.05, 0.1) is 22.1 Å². The minimum atomic E-state index is -3.70. The highest BCUT2D eigenvalue weighted by molar-refractivity contribution is 7.89. The van der Waals surface area contributed by atoms with Crippen LogP contribution in [0.15, 0.2) is 53.4 Å². The van der Waals surface area contributed by atoms with Crippen molar-refractivity contribution in [1.29, 1.82) is 5.26 Å². The predicted octanol–water partition coefficient (Wildman–Crippen LogP) is 2.28. The molecule has 3 rings (SSSR count). The first kappa shape index (κ1) is 19.0. The highest BCUT2D eigenvalue weighted by atomic mass is 32.2. The number of rotatable bonds is 4. The highest BCUT2D eigenvalue weighted by Gasteiger charge is 2.28. The number of sulfonamides is 1. The number of nitrogens with one attached hydrogen (secondary N) is 1. The number of amides is 1. The third-order valence-electron chi connectivity index (χ3n) is 4.50. The number of nitriles is 1. The van der Waals surface area contributed by atoms with Crippen molar-refractivity contribution in [2.45, 2.75) is 23.8 Å². The van der Waals surface area contributed by atoms with Crippen molar-refractivity contribution in [3.05, 3.63) is 65.5 Å². The molecule has 0 spiro atoms. The molecule has 1 aliphatic heterocycles. The second kappa shape index (κ2) is 7.86. The summed E-state index contributed by atoms with van der Waals surface area (Å²) >= 11 is 0. The molecular formula is C19H18FN3O3S. The number of nitrogens with zero attached hydrogens (tertiary/aromatic N) is 2. The van der Waals surface area contributed by atoms with Crippen molar-refractivity contribution >= 4 is 15.9 Å². The monoisotopic (exact) mass is 387 g/mol. The molecule has 140 valence electrons. The van der Waals surface area contributed by atoms with Crippen LogP contribution in [-0.2, 0) is 10.0 Å². The van der Waals surface area contributed by atoms with Gasteiger partial charge in [-0.1, -0.05) is 12.1 Å². The molecular weight excluding hydrogens is 369 g/mol.